The summed E-state index contributed by atoms with van der Waals surface area (Å²) in [5.74, 6) is -1.34. The Hall–Kier alpha value is -1.84. The maximum atomic E-state index is 11.1. The van der Waals surface area contributed by atoms with Gasteiger partial charge in [0.05, 0.1) is 0 Å². The van der Waals surface area contributed by atoms with Crippen LogP contribution in [0, 0.1) is 0 Å². The van der Waals surface area contributed by atoms with Gasteiger partial charge in [0.25, 0.3) is 0 Å². The third kappa shape index (κ3) is 3.26. The SMILES string of the molecule is O=C(O)CC(=O)Cc1ccc(O)cc1. The first-order valence-corrected chi connectivity index (χ1v) is 4.09. The number of carboxylic acid groups (broad SMARTS) is 1. The predicted octanol–water partition coefficient (Wildman–Crippen LogP) is 0.978. The van der Waals surface area contributed by atoms with Crippen LogP contribution in [-0.2, 0) is 16.0 Å². The van der Waals surface area contributed by atoms with Crippen LogP contribution in [0.2, 0.25) is 0 Å². The molecule has 0 unspecified atom stereocenters. The Balaban J connectivity index is 2.56. The molecule has 0 aliphatic rings. The molecule has 0 radical (unpaired) electrons. The van der Waals surface area contributed by atoms with Gasteiger partial charge in [-0.25, -0.2) is 0 Å². The van der Waals surface area contributed by atoms with Crippen LogP contribution in [0.15, 0.2) is 24.3 Å². The lowest BCUT2D eigenvalue weighted by Crippen LogP contribution is -2.09. The average Bonchev–Trinajstić information content (AvgIpc) is 2.07. The summed E-state index contributed by atoms with van der Waals surface area (Å²) < 4.78 is 0. The van der Waals surface area contributed by atoms with Gasteiger partial charge < -0.3 is 10.2 Å². The minimum absolute atomic E-state index is 0.0899. The van der Waals surface area contributed by atoms with Gasteiger partial charge in [-0.3, -0.25) is 9.59 Å². The Morgan fingerprint density at radius 3 is 2.21 bits per heavy atom. The van der Waals surface area contributed by atoms with Crippen LogP contribution in [0.25, 0.3) is 0 Å². The molecule has 4 nitrogen and oxygen atoms in total. The number of benzene rings is 1. The van der Waals surface area contributed by atoms with Crippen molar-refractivity contribution in [3.05, 3.63) is 29.8 Å². The second-order valence-corrected chi connectivity index (χ2v) is 2.95. The number of phenols is 1. The molecule has 0 aliphatic carbocycles. The molecule has 1 aromatic carbocycles. The first-order chi connectivity index (χ1) is 6.58. The molecule has 4 heteroatoms. The van der Waals surface area contributed by atoms with E-state index in [1.54, 1.807) is 12.1 Å². The summed E-state index contributed by atoms with van der Waals surface area (Å²) >= 11 is 0. The van der Waals surface area contributed by atoms with E-state index in [0.717, 1.165) is 0 Å². The van der Waals surface area contributed by atoms with E-state index in [-0.39, 0.29) is 18.0 Å². The monoisotopic (exact) mass is 194 g/mol. The zero-order chi connectivity index (χ0) is 10.6. The van der Waals surface area contributed by atoms with Crippen molar-refractivity contribution in [2.24, 2.45) is 0 Å². The maximum Gasteiger partial charge on any atom is 0.310 e. The van der Waals surface area contributed by atoms with Crippen molar-refractivity contribution in [1.29, 1.82) is 0 Å². The number of aliphatic carboxylic acids is 1. The Morgan fingerprint density at radius 1 is 1.14 bits per heavy atom. The number of carbonyl (C=O) groups excluding carboxylic acids is 1. The molecule has 0 atom stereocenters. The number of hydrogen-bond donors (Lipinski definition) is 2. The van der Waals surface area contributed by atoms with Gasteiger partial charge in [-0.1, -0.05) is 12.1 Å². The van der Waals surface area contributed by atoms with Crippen LogP contribution < -0.4 is 0 Å². The Morgan fingerprint density at radius 2 is 1.71 bits per heavy atom. The molecular weight excluding hydrogens is 184 g/mol. The smallest absolute Gasteiger partial charge is 0.310 e. The van der Waals surface area contributed by atoms with Crippen molar-refractivity contribution >= 4 is 11.8 Å². The number of carboxylic acids is 1. The fourth-order valence-corrected chi connectivity index (χ4v) is 1.07. The van der Waals surface area contributed by atoms with E-state index in [1.165, 1.54) is 12.1 Å². The molecule has 14 heavy (non-hydrogen) atoms. The highest BCUT2D eigenvalue weighted by Crippen LogP contribution is 2.10. The van der Waals surface area contributed by atoms with Crippen LogP contribution in [-0.4, -0.2) is 22.0 Å². The summed E-state index contributed by atoms with van der Waals surface area (Å²) in [6.07, 6.45) is -0.368. The zero-order valence-corrected chi connectivity index (χ0v) is 7.43. The molecule has 74 valence electrons. The quantitative estimate of drug-likeness (QED) is 0.700. The number of Topliss-reactive ketones (excluding diaryl/α,β-unsaturated/α-hetero) is 1. The van der Waals surface area contributed by atoms with E-state index >= 15 is 0 Å². The summed E-state index contributed by atoms with van der Waals surface area (Å²) in [7, 11) is 0. The van der Waals surface area contributed by atoms with Crippen LogP contribution >= 0.6 is 0 Å². The normalized spacial score (nSPS) is 9.71. The summed E-state index contributed by atoms with van der Waals surface area (Å²) in [5.41, 5.74) is 0.703. The first-order valence-electron chi connectivity index (χ1n) is 4.09. The molecule has 0 fully saturated rings. The van der Waals surface area contributed by atoms with Crippen molar-refractivity contribution in [3.8, 4) is 5.75 Å². The molecule has 0 bridgehead atoms. The van der Waals surface area contributed by atoms with E-state index < -0.39 is 12.4 Å². The van der Waals surface area contributed by atoms with E-state index in [9.17, 15) is 9.59 Å². The van der Waals surface area contributed by atoms with Crippen LogP contribution in [0.1, 0.15) is 12.0 Å². The molecule has 0 saturated heterocycles. The topological polar surface area (TPSA) is 74.6 Å². The summed E-state index contributed by atoms with van der Waals surface area (Å²) in [5, 5.41) is 17.3. The highest BCUT2D eigenvalue weighted by atomic mass is 16.4. The second-order valence-electron chi connectivity index (χ2n) is 2.95. The van der Waals surface area contributed by atoms with E-state index in [0.29, 0.717) is 5.56 Å². The fraction of sp³-hybridized carbons (Fsp3) is 0.200. The lowest BCUT2D eigenvalue weighted by Gasteiger charge is -1.98. The summed E-state index contributed by atoms with van der Waals surface area (Å²) in [4.78, 5) is 21.3. The third-order valence-electron chi connectivity index (χ3n) is 1.69. The molecule has 2 N–H and O–H groups in total. The maximum absolute atomic E-state index is 11.1. The van der Waals surface area contributed by atoms with E-state index in [2.05, 4.69) is 0 Å². The zero-order valence-electron chi connectivity index (χ0n) is 7.43. The highest BCUT2D eigenvalue weighted by molar-refractivity contribution is 5.95. The van der Waals surface area contributed by atoms with Crippen molar-refractivity contribution in [1.82, 2.24) is 0 Å². The number of rotatable bonds is 4. The first kappa shape index (κ1) is 10.2. The van der Waals surface area contributed by atoms with Crippen LogP contribution in [0.3, 0.4) is 0 Å². The van der Waals surface area contributed by atoms with Crippen molar-refractivity contribution in [3.63, 3.8) is 0 Å². The lowest BCUT2D eigenvalue weighted by molar-refractivity contribution is -0.140. The van der Waals surface area contributed by atoms with Gasteiger partial charge in [0.15, 0.2) is 0 Å². The van der Waals surface area contributed by atoms with Crippen molar-refractivity contribution in [2.75, 3.05) is 0 Å². The summed E-state index contributed by atoms with van der Waals surface area (Å²) in [6.45, 7) is 0. The molecule has 1 aromatic rings. The Bertz CT molecular complexity index is 340. The third-order valence-corrected chi connectivity index (χ3v) is 1.69. The van der Waals surface area contributed by atoms with Crippen LogP contribution in [0.5, 0.6) is 5.75 Å². The van der Waals surface area contributed by atoms with Gasteiger partial charge >= 0.3 is 5.97 Å². The minimum Gasteiger partial charge on any atom is -0.508 e. The minimum atomic E-state index is -1.12. The molecule has 0 amide bonds. The van der Waals surface area contributed by atoms with Crippen molar-refractivity contribution in [2.45, 2.75) is 12.8 Å². The predicted molar refractivity (Wildman–Crippen MR) is 49.1 cm³/mol. The summed E-state index contributed by atoms with van der Waals surface area (Å²) in [6, 6.07) is 6.11. The second kappa shape index (κ2) is 4.41. The molecular formula is C10H10O4. The van der Waals surface area contributed by atoms with Gasteiger partial charge in [-0.05, 0) is 17.7 Å². The molecule has 0 aromatic heterocycles. The van der Waals surface area contributed by atoms with E-state index in [4.69, 9.17) is 10.2 Å². The van der Waals surface area contributed by atoms with Gasteiger partial charge in [0, 0.05) is 6.42 Å². The average molecular weight is 194 g/mol. The number of ketones is 1. The highest BCUT2D eigenvalue weighted by Gasteiger charge is 2.08. The number of hydrogen-bond acceptors (Lipinski definition) is 3. The molecule has 0 aliphatic heterocycles. The molecule has 0 heterocycles. The molecule has 0 saturated carbocycles. The van der Waals surface area contributed by atoms with Crippen LogP contribution in [0.4, 0.5) is 0 Å². The van der Waals surface area contributed by atoms with Gasteiger partial charge in [-0.2, -0.15) is 0 Å². The number of carbonyl (C=O) groups is 2. The lowest BCUT2D eigenvalue weighted by atomic mass is 10.1. The fourth-order valence-electron chi connectivity index (χ4n) is 1.07. The molecule has 1 rings (SSSR count). The van der Waals surface area contributed by atoms with Gasteiger partial charge in [0.2, 0.25) is 0 Å². The van der Waals surface area contributed by atoms with Gasteiger partial charge in [-0.15, -0.1) is 0 Å². The largest absolute Gasteiger partial charge is 0.508 e. The Labute approximate surface area is 80.8 Å². The molecule has 0 spiro atoms. The number of phenolic OH excluding ortho intramolecular Hbond substituents is 1. The standard InChI is InChI=1S/C10H10O4/c11-8-3-1-7(2-4-8)5-9(12)6-10(13)14/h1-4,11H,5-6H2,(H,13,14). The van der Waals surface area contributed by atoms with Crippen molar-refractivity contribution < 1.29 is 19.8 Å². The Kier molecular flexibility index (Phi) is 3.23. The van der Waals surface area contributed by atoms with E-state index in [1.807, 2.05) is 0 Å². The van der Waals surface area contributed by atoms with Gasteiger partial charge in [0.1, 0.15) is 18.0 Å². The number of aromatic hydroxyl groups is 1.